The van der Waals surface area contributed by atoms with Crippen LogP contribution in [0.4, 0.5) is 43.9 Å². The van der Waals surface area contributed by atoms with E-state index in [0.29, 0.717) is 6.54 Å². The number of nitrogens with one attached hydrogen (secondary N) is 2. The quantitative estimate of drug-likeness (QED) is 0.268. The fraction of sp³-hybridized carbons (Fsp3) is 0.318. The summed E-state index contributed by atoms with van der Waals surface area (Å²) in [5.74, 6) is 0.0600. The molecule has 0 aliphatic rings. The Kier molecular flexibility index (Phi) is 7.79. The molecule has 0 atom stereocenters. The van der Waals surface area contributed by atoms with Gasteiger partial charge in [-0.1, -0.05) is 31.5 Å². The maximum atomic E-state index is 13.2. The zero-order valence-electron chi connectivity index (χ0n) is 18.0. The molecule has 0 bridgehead atoms. The zero-order chi connectivity index (χ0) is 24.8. The van der Waals surface area contributed by atoms with Gasteiger partial charge in [-0.05, 0) is 36.8 Å². The van der Waals surface area contributed by atoms with Crippen LogP contribution in [-0.4, -0.2) is 21.5 Å². The van der Waals surface area contributed by atoms with Crippen LogP contribution in [0.25, 0.3) is 0 Å². The predicted octanol–water partition coefficient (Wildman–Crippen LogP) is 6.44. The lowest BCUT2D eigenvalue weighted by Crippen LogP contribution is -2.13. The van der Waals surface area contributed by atoms with Crippen LogP contribution in [-0.2, 0) is 19.0 Å². The van der Waals surface area contributed by atoms with Gasteiger partial charge >= 0.3 is 18.4 Å². The molecule has 1 heterocycles. The molecule has 0 unspecified atom stereocenters. The molecule has 1 aromatic heterocycles. The van der Waals surface area contributed by atoms with Gasteiger partial charge in [0.05, 0.1) is 11.1 Å². The smallest absolute Gasteiger partial charge is 0.416 e. The van der Waals surface area contributed by atoms with E-state index in [0.717, 1.165) is 31.0 Å². The van der Waals surface area contributed by atoms with Crippen LogP contribution >= 0.6 is 0 Å². The number of hydrogen-bond donors (Lipinski definition) is 2. The molecule has 0 fully saturated rings. The lowest BCUT2D eigenvalue weighted by Gasteiger charge is -2.14. The van der Waals surface area contributed by atoms with Crippen LogP contribution in [0.2, 0.25) is 0 Å². The molecule has 34 heavy (non-hydrogen) atoms. The molecule has 2 aromatic carbocycles. The van der Waals surface area contributed by atoms with Crippen molar-refractivity contribution in [2.75, 3.05) is 17.2 Å². The Morgan fingerprint density at radius 3 is 2.15 bits per heavy atom. The largest absolute Gasteiger partial charge is 0.458 e. The topological polar surface area (TPSA) is 72.0 Å². The Bertz CT molecular complexity index is 1090. The number of ether oxygens (including phenoxy) is 1. The van der Waals surface area contributed by atoms with Crippen LogP contribution in [0.3, 0.4) is 0 Å². The third kappa shape index (κ3) is 6.96. The molecule has 0 saturated carbocycles. The average molecular weight is 485 g/mol. The third-order valence-electron chi connectivity index (χ3n) is 4.58. The summed E-state index contributed by atoms with van der Waals surface area (Å²) in [5, 5.41) is 5.72. The molecule has 182 valence electrons. The standard InChI is InChI=1S/C22H21F6N5O/c1-2-3-12-29-18-31-19(30-16-10-8-15(9-11-16)21(23,24)25)33-20(32-18)34-13-14-6-4-5-7-17(14)22(26,27)28/h4-11H,2-3,12-13H2,1H3,(H2,29,30,31,32,33). The Balaban J connectivity index is 1.82. The van der Waals surface area contributed by atoms with Crippen molar-refractivity contribution in [3.8, 4) is 6.01 Å². The van der Waals surface area contributed by atoms with Gasteiger partial charge in [-0.25, -0.2) is 0 Å². The first-order valence-corrected chi connectivity index (χ1v) is 10.3. The number of unbranched alkanes of at least 4 members (excludes halogenated alkanes) is 1. The summed E-state index contributed by atoms with van der Waals surface area (Å²) in [6.45, 7) is 2.06. The number of aromatic nitrogens is 3. The van der Waals surface area contributed by atoms with Crippen molar-refractivity contribution in [1.29, 1.82) is 0 Å². The van der Waals surface area contributed by atoms with Crippen molar-refractivity contribution in [2.45, 2.75) is 38.7 Å². The summed E-state index contributed by atoms with van der Waals surface area (Å²) in [6.07, 6.45) is -7.33. The van der Waals surface area contributed by atoms with E-state index in [9.17, 15) is 26.3 Å². The van der Waals surface area contributed by atoms with E-state index < -0.39 is 30.1 Å². The molecule has 0 aliphatic heterocycles. The number of rotatable bonds is 9. The molecular formula is C22H21F6N5O. The highest BCUT2D eigenvalue weighted by molar-refractivity contribution is 5.55. The van der Waals surface area contributed by atoms with Gasteiger partial charge in [-0.15, -0.1) is 0 Å². The van der Waals surface area contributed by atoms with Gasteiger partial charge in [0.1, 0.15) is 6.61 Å². The number of halogens is 6. The van der Waals surface area contributed by atoms with Crippen LogP contribution in [0.15, 0.2) is 48.5 Å². The Morgan fingerprint density at radius 1 is 0.824 bits per heavy atom. The Labute approximate surface area is 191 Å². The van der Waals surface area contributed by atoms with E-state index >= 15 is 0 Å². The van der Waals surface area contributed by atoms with Gasteiger partial charge in [-0.3, -0.25) is 0 Å². The SMILES string of the molecule is CCCCNc1nc(Nc2ccc(C(F)(F)F)cc2)nc(OCc2ccccc2C(F)(F)F)n1. The molecule has 0 saturated heterocycles. The second-order valence-electron chi connectivity index (χ2n) is 7.19. The van der Waals surface area contributed by atoms with Crippen molar-refractivity contribution in [3.63, 3.8) is 0 Å². The first-order valence-electron chi connectivity index (χ1n) is 10.3. The Morgan fingerprint density at radius 2 is 1.50 bits per heavy atom. The van der Waals surface area contributed by atoms with Gasteiger partial charge in [-0.2, -0.15) is 41.3 Å². The lowest BCUT2D eigenvalue weighted by atomic mass is 10.1. The normalized spacial score (nSPS) is 11.9. The second-order valence-corrected chi connectivity index (χ2v) is 7.19. The Hall–Kier alpha value is -3.57. The zero-order valence-corrected chi connectivity index (χ0v) is 18.0. The molecule has 0 amide bonds. The number of alkyl halides is 6. The van der Waals surface area contributed by atoms with Crippen LogP contribution in [0, 0.1) is 0 Å². The average Bonchev–Trinajstić information content (AvgIpc) is 2.77. The highest BCUT2D eigenvalue weighted by atomic mass is 19.4. The fourth-order valence-corrected chi connectivity index (χ4v) is 2.87. The van der Waals surface area contributed by atoms with Gasteiger partial charge in [0, 0.05) is 17.8 Å². The molecule has 6 nitrogen and oxygen atoms in total. The van der Waals surface area contributed by atoms with Gasteiger partial charge in [0.25, 0.3) is 0 Å². The lowest BCUT2D eigenvalue weighted by molar-refractivity contribution is -0.139. The molecule has 0 spiro atoms. The van der Waals surface area contributed by atoms with E-state index in [1.807, 2.05) is 6.92 Å². The third-order valence-corrected chi connectivity index (χ3v) is 4.58. The van der Waals surface area contributed by atoms with E-state index in [2.05, 4.69) is 25.6 Å². The first kappa shape index (κ1) is 25.1. The summed E-state index contributed by atoms with van der Waals surface area (Å²) in [6, 6.07) is 8.92. The number of nitrogens with zero attached hydrogens (tertiary/aromatic N) is 3. The summed E-state index contributed by atoms with van der Waals surface area (Å²) < 4.78 is 83.5. The fourth-order valence-electron chi connectivity index (χ4n) is 2.87. The van der Waals surface area contributed by atoms with E-state index in [1.165, 1.54) is 30.3 Å². The van der Waals surface area contributed by atoms with Crippen molar-refractivity contribution in [3.05, 3.63) is 65.2 Å². The van der Waals surface area contributed by atoms with Crippen molar-refractivity contribution >= 4 is 17.6 Å². The number of hydrogen-bond acceptors (Lipinski definition) is 6. The minimum Gasteiger partial charge on any atom is -0.458 e. The minimum absolute atomic E-state index is 0.0483. The van der Waals surface area contributed by atoms with Crippen LogP contribution in [0.5, 0.6) is 6.01 Å². The summed E-state index contributed by atoms with van der Waals surface area (Å²) in [4.78, 5) is 12.3. The molecule has 0 radical (unpaired) electrons. The molecule has 2 N–H and O–H groups in total. The van der Waals surface area contributed by atoms with Crippen LogP contribution in [0.1, 0.15) is 36.5 Å². The second kappa shape index (κ2) is 10.6. The van der Waals surface area contributed by atoms with Gasteiger partial charge < -0.3 is 15.4 Å². The highest BCUT2D eigenvalue weighted by Gasteiger charge is 2.33. The van der Waals surface area contributed by atoms with E-state index in [1.54, 1.807) is 0 Å². The predicted molar refractivity (Wildman–Crippen MR) is 114 cm³/mol. The van der Waals surface area contributed by atoms with E-state index in [4.69, 9.17) is 4.74 Å². The molecule has 3 rings (SSSR count). The maximum Gasteiger partial charge on any atom is 0.416 e. The number of anilines is 3. The molecular weight excluding hydrogens is 464 g/mol. The number of benzene rings is 2. The molecule has 0 aliphatic carbocycles. The van der Waals surface area contributed by atoms with Gasteiger partial charge in [0.15, 0.2) is 0 Å². The van der Waals surface area contributed by atoms with Crippen molar-refractivity contribution in [1.82, 2.24) is 15.0 Å². The van der Waals surface area contributed by atoms with E-state index in [-0.39, 0.29) is 29.2 Å². The first-order chi connectivity index (χ1) is 16.1. The molecule has 12 heteroatoms. The molecule has 3 aromatic rings. The monoisotopic (exact) mass is 485 g/mol. The van der Waals surface area contributed by atoms with Crippen molar-refractivity contribution in [2.24, 2.45) is 0 Å². The highest BCUT2D eigenvalue weighted by Crippen LogP contribution is 2.32. The van der Waals surface area contributed by atoms with Gasteiger partial charge in [0.2, 0.25) is 11.9 Å². The maximum absolute atomic E-state index is 13.2. The minimum atomic E-state index is -4.55. The van der Waals surface area contributed by atoms with Crippen molar-refractivity contribution < 1.29 is 31.1 Å². The van der Waals surface area contributed by atoms with Crippen LogP contribution < -0.4 is 15.4 Å². The summed E-state index contributed by atoms with van der Waals surface area (Å²) in [5.41, 5.74) is -1.49. The summed E-state index contributed by atoms with van der Waals surface area (Å²) in [7, 11) is 0. The summed E-state index contributed by atoms with van der Waals surface area (Å²) >= 11 is 0.